The molecule has 0 unspecified atom stereocenters. The Kier molecular flexibility index (Phi) is 3.19. The molecule has 1 fully saturated rings. The fourth-order valence-corrected chi connectivity index (χ4v) is 1.99. The molecule has 1 atom stereocenters. The van der Waals surface area contributed by atoms with Crippen LogP contribution in [0.5, 0.6) is 0 Å². The predicted molar refractivity (Wildman–Crippen MR) is 62.3 cm³/mol. The molecule has 2 heterocycles. The number of carbonyl (C=O) groups excluding carboxylic acids is 1. The van der Waals surface area contributed by atoms with Gasteiger partial charge in [0.15, 0.2) is 0 Å². The maximum absolute atomic E-state index is 12.2. The van der Waals surface area contributed by atoms with Gasteiger partial charge in [-0.3, -0.25) is 9.78 Å². The van der Waals surface area contributed by atoms with Crippen LogP contribution >= 0.6 is 0 Å². The van der Waals surface area contributed by atoms with Gasteiger partial charge in [-0.2, -0.15) is 0 Å². The van der Waals surface area contributed by atoms with E-state index >= 15 is 0 Å². The van der Waals surface area contributed by atoms with E-state index in [-0.39, 0.29) is 11.9 Å². The number of pyridine rings is 1. The molecule has 4 heteroatoms. The molecule has 0 radical (unpaired) electrons. The minimum Gasteiger partial charge on any atom is -0.333 e. The number of hydrogen-bond donors (Lipinski definition) is 1. The van der Waals surface area contributed by atoms with Crippen molar-refractivity contribution in [2.45, 2.75) is 19.9 Å². The minimum atomic E-state index is 0.111. The summed E-state index contributed by atoms with van der Waals surface area (Å²) in [4.78, 5) is 18.3. The zero-order valence-electron chi connectivity index (χ0n) is 9.73. The summed E-state index contributed by atoms with van der Waals surface area (Å²) in [6.45, 7) is 6.49. The van der Waals surface area contributed by atoms with Gasteiger partial charge in [-0.25, -0.2) is 0 Å². The molecule has 86 valence electrons. The summed E-state index contributed by atoms with van der Waals surface area (Å²) >= 11 is 0. The summed E-state index contributed by atoms with van der Waals surface area (Å²) in [5, 5.41) is 3.28. The van der Waals surface area contributed by atoms with Gasteiger partial charge in [-0.1, -0.05) is 0 Å². The number of rotatable bonds is 1. The molecule has 0 spiro atoms. The van der Waals surface area contributed by atoms with E-state index in [0.717, 1.165) is 30.9 Å². The monoisotopic (exact) mass is 219 g/mol. The molecular weight excluding hydrogens is 202 g/mol. The van der Waals surface area contributed by atoms with Crippen molar-refractivity contribution in [2.24, 2.45) is 0 Å². The standard InChI is InChI=1S/C12H17N3O/c1-9-7-11(3-4-14-9)12(16)15-6-5-13-8-10(15)2/h3-4,7,10,13H,5-6,8H2,1-2H3/t10-/m1/s1. The summed E-state index contributed by atoms with van der Waals surface area (Å²) in [5.74, 6) is 0.111. The van der Waals surface area contributed by atoms with E-state index in [4.69, 9.17) is 0 Å². The average molecular weight is 219 g/mol. The SMILES string of the molecule is Cc1cc(C(=O)N2CCNC[C@H]2C)ccn1. The summed E-state index contributed by atoms with van der Waals surface area (Å²) in [7, 11) is 0. The van der Waals surface area contributed by atoms with Gasteiger partial charge in [0.1, 0.15) is 0 Å². The van der Waals surface area contributed by atoms with Crippen LogP contribution in [0.4, 0.5) is 0 Å². The van der Waals surface area contributed by atoms with Crippen molar-refractivity contribution in [3.8, 4) is 0 Å². The van der Waals surface area contributed by atoms with Gasteiger partial charge in [0.05, 0.1) is 0 Å². The van der Waals surface area contributed by atoms with E-state index in [0.29, 0.717) is 0 Å². The Morgan fingerprint density at radius 1 is 1.62 bits per heavy atom. The van der Waals surface area contributed by atoms with Crippen LogP contribution in [0.1, 0.15) is 23.0 Å². The Labute approximate surface area is 95.7 Å². The second-order valence-electron chi connectivity index (χ2n) is 4.24. The van der Waals surface area contributed by atoms with E-state index in [1.54, 1.807) is 12.3 Å². The zero-order valence-corrected chi connectivity index (χ0v) is 9.73. The molecule has 4 nitrogen and oxygen atoms in total. The molecule has 2 rings (SSSR count). The van der Waals surface area contributed by atoms with Crippen molar-refractivity contribution >= 4 is 5.91 Å². The molecule has 1 aliphatic heterocycles. The number of nitrogens with zero attached hydrogens (tertiary/aromatic N) is 2. The maximum atomic E-state index is 12.2. The molecule has 16 heavy (non-hydrogen) atoms. The average Bonchev–Trinajstić information content (AvgIpc) is 2.29. The Hall–Kier alpha value is -1.42. The van der Waals surface area contributed by atoms with E-state index in [2.05, 4.69) is 17.2 Å². The Morgan fingerprint density at radius 3 is 3.12 bits per heavy atom. The zero-order chi connectivity index (χ0) is 11.5. The lowest BCUT2D eigenvalue weighted by molar-refractivity contribution is 0.0655. The van der Waals surface area contributed by atoms with Crippen LogP contribution in [-0.4, -0.2) is 41.5 Å². The van der Waals surface area contributed by atoms with Gasteiger partial charge < -0.3 is 10.2 Å². The lowest BCUT2D eigenvalue weighted by Crippen LogP contribution is -2.52. The van der Waals surface area contributed by atoms with Gasteiger partial charge in [-0.15, -0.1) is 0 Å². The lowest BCUT2D eigenvalue weighted by Gasteiger charge is -2.34. The van der Waals surface area contributed by atoms with Crippen LogP contribution in [0.3, 0.4) is 0 Å². The molecule has 0 aromatic carbocycles. The number of aromatic nitrogens is 1. The van der Waals surface area contributed by atoms with Crippen molar-refractivity contribution in [3.05, 3.63) is 29.6 Å². The van der Waals surface area contributed by atoms with Crippen LogP contribution < -0.4 is 5.32 Å². The number of carbonyl (C=O) groups is 1. The minimum absolute atomic E-state index is 0.111. The largest absolute Gasteiger partial charge is 0.333 e. The highest BCUT2D eigenvalue weighted by molar-refractivity contribution is 5.94. The first-order valence-electron chi connectivity index (χ1n) is 5.63. The third-order valence-corrected chi connectivity index (χ3v) is 2.91. The van der Waals surface area contributed by atoms with Gasteiger partial charge >= 0.3 is 0 Å². The summed E-state index contributed by atoms with van der Waals surface area (Å²) in [6.07, 6.45) is 1.69. The van der Waals surface area contributed by atoms with E-state index in [1.165, 1.54) is 0 Å². The van der Waals surface area contributed by atoms with Crippen molar-refractivity contribution < 1.29 is 4.79 Å². The lowest BCUT2D eigenvalue weighted by atomic mass is 10.1. The number of hydrogen-bond acceptors (Lipinski definition) is 3. The van der Waals surface area contributed by atoms with Crippen LogP contribution in [0.2, 0.25) is 0 Å². The summed E-state index contributed by atoms with van der Waals surface area (Å²) in [5.41, 5.74) is 1.62. The number of piperazine rings is 1. The molecule has 1 aromatic heterocycles. The van der Waals surface area contributed by atoms with Crippen molar-refractivity contribution in [1.29, 1.82) is 0 Å². The van der Waals surface area contributed by atoms with Crippen molar-refractivity contribution in [2.75, 3.05) is 19.6 Å². The number of nitrogens with one attached hydrogen (secondary N) is 1. The van der Waals surface area contributed by atoms with E-state index in [1.807, 2.05) is 17.9 Å². The topological polar surface area (TPSA) is 45.2 Å². The second kappa shape index (κ2) is 4.61. The van der Waals surface area contributed by atoms with Crippen LogP contribution in [-0.2, 0) is 0 Å². The Bertz CT molecular complexity index is 392. The molecule has 0 saturated carbocycles. The molecule has 1 aromatic rings. The molecule has 1 N–H and O–H groups in total. The third kappa shape index (κ3) is 2.22. The van der Waals surface area contributed by atoms with E-state index in [9.17, 15) is 4.79 Å². The first kappa shape index (κ1) is 11.1. The molecule has 0 bridgehead atoms. The second-order valence-corrected chi connectivity index (χ2v) is 4.24. The Morgan fingerprint density at radius 2 is 2.44 bits per heavy atom. The van der Waals surface area contributed by atoms with Crippen LogP contribution in [0.25, 0.3) is 0 Å². The van der Waals surface area contributed by atoms with Gasteiger partial charge in [0, 0.05) is 43.1 Å². The van der Waals surface area contributed by atoms with Crippen molar-refractivity contribution in [3.63, 3.8) is 0 Å². The predicted octanol–water partition coefficient (Wildman–Crippen LogP) is 0.824. The first-order chi connectivity index (χ1) is 7.68. The molecule has 1 saturated heterocycles. The molecule has 1 amide bonds. The first-order valence-corrected chi connectivity index (χ1v) is 5.63. The molecular formula is C12H17N3O. The van der Waals surface area contributed by atoms with Crippen LogP contribution in [0.15, 0.2) is 18.3 Å². The van der Waals surface area contributed by atoms with Crippen molar-refractivity contribution in [1.82, 2.24) is 15.2 Å². The molecule has 0 aliphatic carbocycles. The molecule has 1 aliphatic rings. The number of aryl methyl sites for hydroxylation is 1. The quantitative estimate of drug-likeness (QED) is 0.760. The highest BCUT2D eigenvalue weighted by Gasteiger charge is 2.23. The summed E-state index contributed by atoms with van der Waals surface area (Å²) < 4.78 is 0. The van der Waals surface area contributed by atoms with Crippen LogP contribution in [0, 0.1) is 6.92 Å². The van der Waals surface area contributed by atoms with Gasteiger partial charge in [-0.05, 0) is 26.0 Å². The highest BCUT2D eigenvalue weighted by Crippen LogP contribution is 2.10. The normalized spacial score (nSPS) is 20.9. The van der Waals surface area contributed by atoms with Gasteiger partial charge in [0.25, 0.3) is 5.91 Å². The smallest absolute Gasteiger partial charge is 0.254 e. The Balaban J connectivity index is 2.17. The number of amides is 1. The maximum Gasteiger partial charge on any atom is 0.254 e. The summed E-state index contributed by atoms with van der Waals surface area (Å²) in [6, 6.07) is 3.89. The fraction of sp³-hybridized carbons (Fsp3) is 0.500. The van der Waals surface area contributed by atoms with E-state index < -0.39 is 0 Å². The van der Waals surface area contributed by atoms with Gasteiger partial charge in [0.2, 0.25) is 0 Å². The fourth-order valence-electron chi connectivity index (χ4n) is 1.99. The third-order valence-electron chi connectivity index (χ3n) is 2.91. The highest BCUT2D eigenvalue weighted by atomic mass is 16.2.